The van der Waals surface area contributed by atoms with Gasteiger partial charge in [-0.25, -0.2) is 23.7 Å². The minimum Gasteiger partial charge on any atom is -0.471 e. The van der Waals surface area contributed by atoms with Crippen molar-refractivity contribution in [2.45, 2.75) is 37.6 Å². The summed E-state index contributed by atoms with van der Waals surface area (Å²) in [5, 5.41) is -0.287. The van der Waals surface area contributed by atoms with Crippen molar-refractivity contribution in [2.24, 2.45) is 5.92 Å². The molecule has 0 spiro atoms. The zero-order valence-electron chi connectivity index (χ0n) is 18.5. The number of alkyl halides is 3. The molecule has 3 aromatic rings. The Bertz CT molecular complexity index is 1300. The van der Waals surface area contributed by atoms with E-state index in [9.17, 15) is 26.7 Å². The standard InChI is InChI=1S/C24H18ClF5N4O2/c25-16-7-13(24(28,29)30)8-33-22(16)36-19-6-12-4-5-18(19)34(11-12)23(35)15-2-1-3-17(27)20(15)21-31-9-14(26)10-32-21/h1-3,7-10,12,18-19H,4-6,11H2. The van der Waals surface area contributed by atoms with Crippen LogP contribution >= 0.6 is 11.6 Å². The number of hydrogen-bond donors (Lipinski definition) is 0. The summed E-state index contributed by atoms with van der Waals surface area (Å²) in [5.41, 5.74) is -1.13. The number of ether oxygens (including phenoxy) is 1. The second-order valence-electron chi connectivity index (χ2n) is 8.76. The van der Waals surface area contributed by atoms with Crippen LogP contribution in [0.5, 0.6) is 5.88 Å². The molecule has 36 heavy (non-hydrogen) atoms. The van der Waals surface area contributed by atoms with E-state index in [1.54, 1.807) is 4.90 Å². The highest BCUT2D eigenvalue weighted by molar-refractivity contribution is 6.31. The van der Waals surface area contributed by atoms with Crippen LogP contribution in [0.15, 0.2) is 42.9 Å². The van der Waals surface area contributed by atoms with E-state index in [4.69, 9.17) is 16.3 Å². The van der Waals surface area contributed by atoms with Gasteiger partial charge >= 0.3 is 6.18 Å². The Hall–Kier alpha value is -3.34. The first-order valence-corrected chi connectivity index (χ1v) is 11.5. The minimum absolute atomic E-state index is 0.0126. The molecular weight excluding hydrogens is 507 g/mol. The molecule has 2 saturated heterocycles. The fourth-order valence-corrected chi connectivity index (χ4v) is 5.04. The number of amides is 1. The van der Waals surface area contributed by atoms with Gasteiger partial charge in [0.2, 0.25) is 5.88 Å². The van der Waals surface area contributed by atoms with Gasteiger partial charge in [-0.1, -0.05) is 17.7 Å². The van der Waals surface area contributed by atoms with Crippen molar-refractivity contribution in [1.82, 2.24) is 19.9 Å². The zero-order valence-corrected chi connectivity index (χ0v) is 19.2. The van der Waals surface area contributed by atoms with Crippen LogP contribution in [0.4, 0.5) is 22.0 Å². The molecule has 0 radical (unpaired) electrons. The molecular formula is C24H18ClF5N4O2. The van der Waals surface area contributed by atoms with Crippen molar-refractivity contribution >= 4 is 17.5 Å². The third kappa shape index (κ3) is 4.59. The number of rotatable bonds is 4. The molecule has 1 saturated carbocycles. The first kappa shape index (κ1) is 24.4. The second kappa shape index (κ2) is 9.27. The summed E-state index contributed by atoms with van der Waals surface area (Å²) in [6.07, 6.45) is -0.775. The normalized spacial score (nSPS) is 21.5. The summed E-state index contributed by atoms with van der Waals surface area (Å²) in [4.78, 5) is 26.6. The molecule has 2 aromatic heterocycles. The largest absolute Gasteiger partial charge is 0.471 e. The number of pyridine rings is 1. The predicted octanol–water partition coefficient (Wildman–Crippen LogP) is 5.56. The lowest BCUT2D eigenvalue weighted by molar-refractivity contribution is -0.137. The van der Waals surface area contributed by atoms with Crippen molar-refractivity contribution in [2.75, 3.05) is 6.54 Å². The highest BCUT2D eigenvalue weighted by Crippen LogP contribution is 2.40. The molecule has 3 atom stereocenters. The van der Waals surface area contributed by atoms with Crippen molar-refractivity contribution < 1.29 is 31.5 Å². The molecule has 3 fully saturated rings. The number of halogens is 6. The zero-order chi connectivity index (χ0) is 25.6. The lowest BCUT2D eigenvalue weighted by Crippen LogP contribution is -2.59. The van der Waals surface area contributed by atoms with Gasteiger partial charge in [0.1, 0.15) is 16.9 Å². The Morgan fingerprint density at radius 2 is 1.83 bits per heavy atom. The molecule has 188 valence electrons. The van der Waals surface area contributed by atoms with E-state index in [-0.39, 0.29) is 33.8 Å². The van der Waals surface area contributed by atoms with Crippen LogP contribution in [0.3, 0.4) is 0 Å². The van der Waals surface area contributed by atoms with E-state index in [1.165, 1.54) is 12.1 Å². The smallest absolute Gasteiger partial charge is 0.417 e. The molecule has 0 N–H and O–H groups in total. The number of hydrogen-bond acceptors (Lipinski definition) is 5. The van der Waals surface area contributed by atoms with Crippen LogP contribution < -0.4 is 4.74 Å². The van der Waals surface area contributed by atoms with Gasteiger partial charge in [0.25, 0.3) is 5.91 Å². The summed E-state index contributed by atoms with van der Waals surface area (Å²) in [7, 11) is 0. The summed E-state index contributed by atoms with van der Waals surface area (Å²) < 4.78 is 72.9. The van der Waals surface area contributed by atoms with E-state index in [2.05, 4.69) is 15.0 Å². The molecule has 3 aliphatic rings. The van der Waals surface area contributed by atoms with Crippen LogP contribution in [0.2, 0.25) is 5.02 Å². The van der Waals surface area contributed by atoms with E-state index in [0.29, 0.717) is 25.6 Å². The first-order chi connectivity index (χ1) is 17.1. The maximum Gasteiger partial charge on any atom is 0.417 e. The van der Waals surface area contributed by atoms with Gasteiger partial charge in [-0.05, 0) is 43.4 Å². The molecule has 4 heterocycles. The Morgan fingerprint density at radius 1 is 1.08 bits per heavy atom. The quantitative estimate of drug-likeness (QED) is 0.418. The number of nitrogens with zero attached hydrogens (tertiary/aromatic N) is 4. The van der Waals surface area contributed by atoms with Gasteiger partial charge in [0.05, 0.1) is 35.1 Å². The van der Waals surface area contributed by atoms with Crippen LogP contribution in [0.25, 0.3) is 11.4 Å². The lowest BCUT2D eigenvalue weighted by Gasteiger charge is -2.49. The molecule has 1 amide bonds. The third-order valence-corrected chi connectivity index (χ3v) is 6.74. The Morgan fingerprint density at radius 3 is 2.50 bits per heavy atom. The summed E-state index contributed by atoms with van der Waals surface area (Å²) in [6, 6.07) is 4.30. The van der Waals surface area contributed by atoms with E-state index in [0.717, 1.165) is 30.9 Å². The van der Waals surface area contributed by atoms with Crippen molar-refractivity contribution in [1.29, 1.82) is 0 Å². The van der Waals surface area contributed by atoms with Gasteiger partial charge in [-0.15, -0.1) is 0 Å². The Labute approximate surface area is 207 Å². The monoisotopic (exact) mass is 524 g/mol. The van der Waals surface area contributed by atoms with Gasteiger partial charge in [0, 0.05) is 12.7 Å². The average Bonchev–Trinajstić information content (AvgIpc) is 2.85. The van der Waals surface area contributed by atoms with Crippen molar-refractivity contribution in [3.8, 4) is 17.3 Å². The number of piperidine rings is 2. The van der Waals surface area contributed by atoms with Gasteiger partial charge in [-0.3, -0.25) is 4.79 Å². The number of benzene rings is 1. The molecule has 6 nitrogen and oxygen atoms in total. The molecule has 12 heteroatoms. The predicted molar refractivity (Wildman–Crippen MR) is 118 cm³/mol. The number of aromatic nitrogens is 3. The highest BCUT2D eigenvalue weighted by Gasteiger charge is 2.45. The van der Waals surface area contributed by atoms with E-state index < -0.39 is 41.4 Å². The number of carbonyl (C=O) groups is 1. The molecule has 1 aromatic carbocycles. The van der Waals surface area contributed by atoms with Gasteiger partial charge < -0.3 is 9.64 Å². The van der Waals surface area contributed by atoms with Crippen LogP contribution in [-0.4, -0.2) is 44.4 Å². The van der Waals surface area contributed by atoms with Crippen molar-refractivity contribution in [3.05, 3.63) is 70.6 Å². The second-order valence-corrected chi connectivity index (χ2v) is 9.16. The molecule has 3 unspecified atom stereocenters. The maximum absolute atomic E-state index is 14.8. The molecule has 2 bridgehead atoms. The third-order valence-electron chi connectivity index (χ3n) is 6.47. The summed E-state index contributed by atoms with van der Waals surface area (Å²) >= 11 is 6.02. The average molecular weight is 525 g/mol. The van der Waals surface area contributed by atoms with Crippen molar-refractivity contribution in [3.63, 3.8) is 0 Å². The highest BCUT2D eigenvalue weighted by atomic mass is 35.5. The SMILES string of the molecule is O=C(c1cccc(F)c1-c1ncc(F)cn1)N1CC2CCC1C(Oc1ncc(C(F)(F)F)cc1Cl)C2. The lowest BCUT2D eigenvalue weighted by atomic mass is 9.77. The fraction of sp³-hybridized carbons (Fsp3) is 0.333. The molecule has 6 rings (SSSR count). The summed E-state index contributed by atoms with van der Waals surface area (Å²) in [6.45, 7) is 0.401. The Kier molecular flexibility index (Phi) is 6.27. The fourth-order valence-electron chi connectivity index (χ4n) is 4.83. The van der Waals surface area contributed by atoms with Crippen LogP contribution in [0, 0.1) is 17.6 Å². The molecule has 1 aliphatic carbocycles. The topological polar surface area (TPSA) is 68.2 Å². The summed E-state index contributed by atoms with van der Waals surface area (Å²) in [5.74, 6) is -2.13. The van der Waals surface area contributed by atoms with Gasteiger partial charge in [0.15, 0.2) is 11.6 Å². The van der Waals surface area contributed by atoms with Crippen LogP contribution in [-0.2, 0) is 6.18 Å². The minimum atomic E-state index is -4.60. The van der Waals surface area contributed by atoms with E-state index >= 15 is 0 Å². The molecule has 2 aliphatic heterocycles. The number of fused-ring (bicyclic) bond motifs is 3. The van der Waals surface area contributed by atoms with Gasteiger partial charge in [-0.2, -0.15) is 13.2 Å². The maximum atomic E-state index is 14.8. The van der Waals surface area contributed by atoms with Crippen LogP contribution in [0.1, 0.15) is 35.2 Å². The number of carbonyl (C=O) groups excluding carboxylic acids is 1. The first-order valence-electron chi connectivity index (χ1n) is 11.1. The Balaban J connectivity index is 1.43. The van der Waals surface area contributed by atoms with E-state index in [1.807, 2.05) is 0 Å².